The van der Waals surface area contributed by atoms with E-state index in [1.165, 1.54) is 38.5 Å². The molecule has 3 unspecified atom stereocenters. The molecule has 0 spiro atoms. The quantitative estimate of drug-likeness (QED) is 0.0236. The molecule has 1 rings (SSSR count). The van der Waals surface area contributed by atoms with Gasteiger partial charge in [0.05, 0.1) is 13.2 Å². The van der Waals surface area contributed by atoms with Gasteiger partial charge in [0, 0.05) is 12.8 Å². The molecule has 0 aromatic heterocycles. The third-order valence-electron chi connectivity index (χ3n) is 8.58. The summed E-state index contributed by atoms with van der Waals surface area (Å²) in [6, 6.07) is 0. The van der Waals surface area contributed by atoms with E-state index < -0.39 is 55.4 Å². The van der Waals surface area contributed by atoms with E-state index in [0.29, 0.717) is 19.3 Å². The normalized spacial score (nSPS) is 21.6. The Kier molecular flexibility index (Phi) is 31.6. The minimum atomic E-state index is -1.62. The fourth-order valence-electron chi connectivity index (χ4n) is 5.35. The lowest BCUT2D eigenvalue weighted by Crippen LogP contribution is -2.59. The SMILES string of the molecule is CC/C=C/C=C/C=C/C=C/C=C/CCCC(=O)OC(COC(=O)CCC/C=C/C/C=C/C/C=C/CCCCCCCC)CO[C@H]1O[C@@H](CO)[C@@H](O)C(O)C1O. The lowest BCUT2D eigenvalue weighted by atomic mass is 9.99. The number of hydrogen-bond acceptors (Lipinski definition) is 10. The zero-order valence-electron chi connectivity index (χ0n) is 33.4. The molecule has 6 atom stereocenters. The van der Waals surface area contributed by atoms with E-state index in [1.807, 2.05) is 60.8 Å². The van der Waals surface area contributed by atoms with E-state index in [0.717, 1.165) is 32.1 Å². The molecule has 310 valence electrons. The Labute approximate surface area is 330 Å². The molecule has 0 bridgehead atoms. The predicted molar refractivity (Wildman–Crippen MR) is 219 cm³/mol. The second-order valence-corrected chi connectivity index (χ2v) is 13.5. The predicted octanol–water partition coefficient (Wildman–Crippen LogP) is 7.99. The summed E-state index contributed by atoms with van der Waals surface area (Å²) in [5.74, 6) is -0.968. The molecule has 1 aliphatic rings. The van der Waals surface area contributed by atoms with Crippen molar-refractivity contribution >= 4 is 11.9 Å². The van der Waals surface area contributed by atoms with Gasteiger partial charge in [-0.15, -0.1) is 0 Å². The lowest BCUT2D eigenvalue weighted by molar-refractivity contribution is -0.305. The maximum absolute atomic E-state index is 12.7. The molecule has 10 heteroatoms. The Bertz CT molecular complexity index is 1210. The van der Waals surface area contributed by atoms with Crippen molar-refractivity contribution in [1.29, 1.82) is 0 Å². The van der Waals surface area contributed by atoms with Crippen molar-refractivity contribution < 1.29 is 49.0 Å². The fraction of sp³-hybridized carbons (Fsp3) is 0.600. The number of aliphatic hydroxyl groups excluding tert-OH is 4. The summed E-state index contributed by atoms with van der Waals surface area (Å²) in [6.07, 6.45) is 38.6. The van der Waals surface area contributed by atoms with Crippen molar-refractivity contribution in [3.05, 3.63) is 97.2 Å². The van der Waals surface area contributed by atoms with Crippen LogP contribution >= 0.6 is 0 Å². The first-order valence-corrected chi connectivity index (χ1v) is 20.4. The third kappa shape index (κ3) is 27.0. The summed E-state index contributed by atoms with van der Waals surface area (Å²) >= 11 is 0. The number of esters is 2. The van der Waals surface area contributed by atoms with Gasteiger partial charge >= 0.3 is 11.9 Å². The number of allylic oxidation sites excluding steroid dienone is 16. The van der Waals surface area contributed by atoms with E-state index in [4.69, 9.17) is 18.9 Å². The molecule has 1 aliphatic heterocycles. The molecule has 10 nitrogen and oxygen atoms in total. The van der Waals surface area contributed by atoms with Gasteiger partial charge in [0.15, 0.2) is 12.4 Å². The van der Waals surface area contributed by atoms with Gasteiger partial charge in [-0.2, -0.15) is 0 Å². The Morgan fingerprint density at radius 1 is 0.600 bits per heavy atom. The number of hydrogen-bond donors (Lipinski definition) is 4. The van der Waals surface area contributed by atoms with Crippen LogP contribution < -0.4 is 0 Å². The van der Waals surface area contributed by atoms with Crippen LogP contribution in [-0.2, 0) is 28.5 Å². The van der Waals surface area contributed by atoms with Crippen LogP contribution in [0.2, 0.25) is 0 Å². The molecule has 0 amide bonds. The molecular formula is C45H70O10. The van der Waals surface area contributed by atoms with Gasteiger partial charge in [-0.05, 0) is 57.8 Å². The Hall–Kier alpha value is -3.38. The smallest absolute Gasteiger partial charge is 0.306 e. The molecule has 0 aliphatic carbocycles. The Balaban J connectivity index is 2.47. The largest absolute Gasteiger partial charge is 0.462 e. The maximum Gasteiger partial charge on any atom is 0.306 e. The minimum absolute atomic E-state index is 0.117. The number of ether oxygens (including phenoxy) is 4. The topological polar surface area (TPSA) is 152 Å². The second kappa shape index (κ2) is 35.1. The highest BCUT2D eigenvalue weighted by Gasteiger charge is 2.44. The highest BCUT2D eigenvalue weighted by Crippen LogP contribution is 2.22. The first kappa shape index (κ1) is 49.6. The first-order chi connectivity index (χ1) is 26.8. The van der Waals surface area contributed by atoms with Crippen molar-refractivity contribution in [2.75, 3.05) is 19.8 Å². The van der Waals surface area contributed by atoms with Crippen LogP contribution in [0.4, 0.5) is 0 Å². The van der Waals surface area contributed by atoms with Crippen LogP contribution in [0.1, 0.15) is 117 Å². The molecule has 0 aromatic carbocycles. The monoisotopic (exact) mass is 770 g/mol. The summed E-state index contributed by atoms with van der Waals surface area (Å²) in [6.45, 7) is 3.11. The number of aliphatic hydroxyl groups is 4. The van der Waals surface area contributed by atoms with E-state index in [9.17, 15) is 30.0 Å². The van der Waals surface area contributed by atoms with Crippen LogP contribution in [0.25, 0.3) is 0 Å². The molecule has 1 fully saturated rings. The van der Waals surface area contributed by atoms with Crippen LogP contribution in [0.3, 0.4) is 0 Å². The van der Waals surface area contributed by atoms with Gasteiger partial charge in [0.1, 0.15) is 31.0 Å². The molecule has 55 heavy (non-hydrogen) atoms. The number of carbonyl (C=O) groups is 2. The van der Waals surface area contributed by atoms with Crippen LogP contribution in [0.5, 0.6) is 0 Å². The zero-order chi connectivity index (χ0) is 40.2. The number of carbonyl (C=O) groups excluding carboxylic acids is 2. The zero-order valence-corrected chi connectivity index (χ0v) is 33.4. The second-order valence-electron chi connectivity index (χ2n) is 13.5. The van der Waals surface area contributed by atoms with Gasteiger partial charge in [0.2, 0.25) is 0 Å². The van der Waals surface area contributed by atoms with E-state index in [2.05, 4.69) is 50.3 Å². The molecule has 0 radical (unpaired) electrons. The van der Waals surface area contributed by atoms with Crippen molar-refractivity contribution in [1.82, 2.24) is 0 Å². The van der Waals surface area contributed by atoms with Gasteiger partial charge in [-0.1, -0.05) is 143 Å². The maximum atomic E-state index is 12.7. The van der Waals surface area contributed by atoms with Gasteiger partial charge < -0.3 is 39.4 Å². The molecule has 0 aromatic rings. The van der Waals surface area contributed by atoms with E-state index in [1.54, 1.807) is 0 Å². The van der Waals surface area contributed by atoms with E-state index >= 15 is 0 Å². The number of unbranched alkanes of at least 4 members (excludes halogenated alkanes) is 8. The summed E-state index contributed by atoms with van der Waals surface area (Å²) in [7, 11) is 0. The van der Waals surface area contributed by atoms with E-state index in [-0.39, 0.29) is 26.1 Å². The van der Waals surface area contributed by atoms with Gasteiger partial charge in [-0.25, -0.2) is 0 Å². The summed E-state index contributed by atoms with van der Waals surface area (Å²) < 4.78 is 21.9. The first-order valence-electron chi connectivity index (χ1n) is 20.4. The summed E-state index contributed by atoms with van der Waals surface area (Å²) in [5.41, 5.74) is 0. The highest BCUT2D eigenvalue weighted by molar-refractivity contribution is 5.70. The molecule has 1 saturated heterocycles. The third-order valence-corrected chi connectivity index (χ3v) is 8.58. The van der Waals surface area contributed by atoms with Crippen molar-refractivity contribution in [2.45, 2.75) is 153 Å². The minimum Gasteiger partial charge on any atom is -0.462 e. The summed E-state index contributed by atoms with van der Waals surface area (Å²) in [4.78, 5) is 25.2. The highest BCUT2D eigenvalue weighted by atomic mass is 16.7. The van der Waals surface area contributed by atoms with Gasteiger partial charge in [0.25, 0.3) is 0 Å². The van der Waals surface area contributed by atoms with Crippen molar-refractivity contribution in [3.63, 3.8) is 0 Å². The summed E-state index contributed by atoms with van der Waals surface area (Å²) in [5, 5.41) is 39.9. The fourth-order valence-corrected chi connectivity index (χ4v) is 5.35. The van der Waals surface area contributed by atoms with Crippen LogP contribution in [0, 0.1) is 0 Å². The molecule has 1 heterocycles. The lowest BCUT2D eigenvalue weighted by Gasteiger charge is -2.39. The Morgan fingerprint density at radius 3 is 1.78 bits per heavy atom. The average Bonchev–Trinajstić information content (AvgIpc) is 3.18. The van der Waals surface area contributed by atoms with Crippen LogP contribution in [-0.4, -0.2) is 89.0 Å². The standard InChI is InChI=1S/C45H70O10/c1-3-5-7-9-11-13-15-17-18-19-20-22-23-25-27-29-31-33-40(47)52-36-38(37-53-45-44(51)43(50)42(49)39(35-46)55-45)54-41(48)34-32-30-28-26-24-21-16-14-12-10-8-6-4-2/h6,8,10,12,14,16-18,20-22,24-28,38-39,42-46,49-51H,3-5,7,9,11,13,15,19,23,29-37H2,1-2H3/b8-6+,12-10+,16-14+,18-17+,22-20+,24-21+,27-25+,28-26+/t38?,39-,42+,43?,44?,45-/m0/s1. The molecular weight excluding hydrogens is 700 g/mol. The molecule has 4 N–H and O–H groups in total. The molecule has 0 saturated carbocycles. The van der Waals surface area contributed by atoms with Crippen molar-refractivity contribution in [2.24, 2.45) is 0 Å². The van der Waals surface area contributed by atoms with Crippen LogP contribution in [0.15, 0.2) is 97.2 Å². The number of rotatable bonds is 31. The Morgan fingerprint density at radius 2 is 1.15 bits per heavy atom. The van der Waals surface area contributed by atoms with Crippen molar-refractivity contribution in [3.8, 4) is 0 Å². The van der Waals surface area contributed by atoms with Gasteiger partial charge in [-0.3, -0.25) is 9.59 Å². The average molecular weight is 771 g/mol.